The zero-order valence-electron chi connectivity index (χ0n) is 12.2. The first-order valence-electron chi connectivity index (χ1n) is 6.73. The fourth-order valence-electron chi connectivity index (χ4n) is 2.57. The Morgan fingerprint density at radius 2 is 2.17 bits per heavy atom. The monoisotopic (exact) mass is 343 g/mol. The highest BCUT2D eigenvalue weighted by Gasteiger charge is 2.36. The molecule has 1 aliphatic rings. The van der Waals surface area contributed by atoms with Crippen molar-refractivity contribution in [1.29, 1.82) is 0 Å². The first-order valence-corrected chi connectivity index (χ1v) is 7.55. The lowest BCUT2D eigenvalue weighted by molar-refractivity contribution is -0.137. The summed E-state index contributed by atoms with van der Waals surface area (Å²) in [7, 11) is 1.48. The number of carbonyl (C=O) groups excluding carboxylic acids is 1. The largest absolute Gasteiger partial charge is 0.443 e. The number of alkyl halides is 3. The van der Waals surface area contributed by atoms with Gasteiger partial charge in [0.2, 0.25) is 0 Å². The molecule has 0 bridgehead atoms. The number of aromatic amines is 1. The molecule has 0 aliphatic heterocycles. The van der Waals surface area contributed by atoms with Gasteiger partial charge in [0.1, 0.15) is 5.56 Å². The second-order valence-corrected chi connectivity index (χ2v) is 6.35. The molecule has 9 heteroatoms. The van der Waals surface area contributed by atoms with Gasteiger partial charge < -0.3 is 5.10 Å². The van der Waals surface area contributed by atoms with Gasteiger partial charge in [-0.15, -0.1) is 11.3 Å². The maximum absolute atomic E-state index is 12.8. The van der Waals surface area contributed by atoms with Gasteiger partial charge in [-0.05, 0) is 18.9 Å². The number of aryl methyl sites for hydroxylation is 1. The Labute approximate surface area is 131 Å². The maximum atomic E-state index is 12.8. The van der Waals surface area contributed by atoms with Crippen molar-refractivity contribution >= 4 is 28.8 Å². The number of ketones is 1. The molecule has 1 N–H and O–H groups in total. The van der Waals surface area contributed by atoms with E-state index in [4.69, 9.17) is 0 Å². The van der Waals surface area contributed by atoms with Gasteiger partial charge >= 0.3 is 6.18 Å². The van der Waals surface area contributed by atoms with Crippen molar-refractivity contribution in [2.24, 2.45) is 13.0 Å². The van der Waals surface area contributed by atoms with E-state index in [1.807, 2.05) is 0 Å². The molecule has 0 aromatic carbocycles. The van der Waals surface area contributed by atoms with Gasteiger partial charge in [0.05, 0.1) is 9.88 Å². The van der Waals surface area contributed by atoms with Crippen molar-refractivity contribution in [1.82, 2.24) is 14.8 Å². The van der Waals surface area contributed by atoms with Crippen molar-refractivity contribution < 1.29 is 18.0 Å². The molecule has 2 aromatic rings. The van der Waals surface area contributed by atoms with E-state index in [9.17, 15) is 22.8 Å². The first-order chi connectivity index (χ1) is 10.7. The van der Waals surface area contributed by atoms with Crippen molar-refractivity contribution in [3.63, 3.8) is 0 Å². The molecule has 0 saturated carbocycles. The zero-order valence-corrected chi connectivity index (χ0v) is 13.0. The van der Waals surface area contributed by atoms with E-state index in [2.05, 4.69) is 10.1 Å². The summed E-state index contributed by atoms with van der Waals surface area (Å²) in [6.07, 6.45) is -1.36. The van der Waals surface area contributed by atoms with Crippen LogP contribution in [0.2, 0.25) is 0 Å². The fraction of sp³-hybridized carbons (Fsp3) is 0.357. The standard InChI is InChI=1S/C14H12F3N3O2S/c1-6-7(11(21)8-5-18-20(2)12(8)22)3-4-9-10(6)19-13(23-9)14(15,16)17/h4-5,7,18H,3H2,1-2H3. The molecule has 1 unspecified atom stereocenters. The van der Waals surface area contributed by atoms with Crippen molar-refractivity contribution in [2.45, 2.75) is 19.5 Å². The Bertz CT molecular complexity index is 965. The molecule has 1 atom stereocenters. The van der Waals surface area contributed by atoms with E-state index in [-0.39, 0.29) is 17.3 Å². The molecule has 3 rings (SSSR count). The molecule has 2 heterocycles. The Morgan fingerprint density at radius 3 is 2.74 bits per heavy atom. The predicted octanol–water partition coefficient (Wildman–Crippen LogP) is 1.04. The van der Waals surface area contributed by atoms with Gasteiger partial charge in [0, 0.05) is 19.2 Å². The van der Waals surface area contributed by atoms with E-state index < -0.39 is 28.4 Å². The summed E-state index contributed by atoms with van der Waals surface area (Å²) in [5.41, 5.74) is 0.00494. The van der Waals surface area contributed by atoms with Crippen LogP contribution in [0.4, 0.5) is 13.2 Å². The Morgan fingerprint density at radius 1 is 1.48 bits per heavy atom. The second kappa shape index (κ2) is 5.19. The fourth-order valence-corrected chi connectivity index (χ4v) is 3.51. The summed E-state index contributed by atoms with van der Waals surface area (Å²) < 4.78 is 40.0. The minimum Gasteiger partial charge on any atom is -0.302 e. The van der Waals surface area contributed by atoms with Crippen LogP contribution in [0.3, 0.4) is 0 Å². The zero-order chi connectivity index (χ0) is 16.9. The summed E-state index contributed by atoms with van der Waals surface area (Å²) in [5.74, 6) is -1.08. The molecule has 2 aromatic heterocycles. The number of aromatic nitrogens is 3. The van der Waals surface area contributed by atoms with Crippen molar-refractivity contribution in [2.75, 3.05) is 0 Å². The van der Waals surface area contributed by atoms with E-state index >= 15 is 0 Å². The van der Waals surface area contributed by atoms with E-state index in [0.29, 0.717) is 21.4 Å². The average molecular weight is 343 g/mol. The first kappa shape index (κ1) is 15.7. The summed E-state index contributed by atoms with van der Waals surface area (Å²) in [6.45, 7) is 1.59. The van der Waals surface area contributed by atoms with Crippen LogP contribution in [0.5, 0.6) is 0 Å². The van der Waals surface area contributed by atoms with Crippen LogP contribution < -0.4 is 15.4 Å². The number of H-pyrrole nitrogens is 1. The lowest BCUT2D eigenvalue weighted by Gasteiger charge is -2.15. The molecule has 122 valence electrons. The smallest absolute Gasteiger partial charge is 0.302 e. The third-order valence-electron chi connectivity index (χ3n) is 3.85. The molecule has 0 saturated heterocycles. The molecule has 1 aliphatic carbocycles. The maximum Gasteiger partial charge on any atom is 0.443 e. The lowest BCUT2D eigenvalue weighted by atomic mass is 9.87. The number of fused-ring (bicyclic) bond motifs is 1. The number of nitrogens with one attached hydrogen (secondary N) is 1. The van der Waals surface area contributed by atoms with Crippen LogP contribution in [0.15, 0.2) is 11.0 Å². The van der Waals surface area contributed by atoms with E-state index in [1.54, 1.807) is 13.0 Å². The molecule has 5 nitrogen and oxygen atoms in total. The topological polar surface area (TPSA) is 67.8 Å². The minimum atomic E-state index is -4.51. The number of hydrogen-bond donors (Lipinski definition) is 1. The van der Waals surface area contributed by atoms with E-state index in [0.717, 1.165) is 0 Å². The van der Waals surface area contributed by atoms with Gasteiger partial charge in [-0.3, -0.25) is 14.3 Å². The minimum absolute atomic E-state index is 0.0000237. The number of rotatable bonds is 2. The average Bonchev–Trinajstić information content (AvgIpc) is 3.04. The van der Waals surface area contributed by atoms with Crippen LogP contribution in [0.1, 0.15) is 28.7 Å². The summed E-state index contributed by atoms with van der Waals surface area (Å²) in [5, 5.41) is 1.88. The molecule has 23 heavy (non-hydrogen) atoms. The predicted molar refractivity (Wildman–Crippen MR) is 78.4 cm³/mol. The highest BCUT2D eigenvalue weighted by Crippen LogP contribution is 2.29. The van der Waals surface area contributed by atoms with Crippen LogP contribution >= 0.6 is 11.3 Å². The Balaban J connectivity index is 2.08. The van der Waals surface area contributed by atoms with E-state index in [1.165, 1.54) is 17.9 Å². The van der Waals surface area contributed by atoms with Gasteiger partial charge in [-0.1, -0.05) is 6.08 Å². The summed E-state index contributed by atoms with van der Waals surface area (Å²) in [6, 6.07) is 0. The summed E-state index contributed by atoms with van der Waals surface area (Å²) in [4.78, 5) is 28.0. The number of hydrogen-bond acceptors (Lipinski definition) is 4. The molecule has 0 radical (unpaired) electrons. The molecule has 0 fully saturated rings. The van der Waals surface area contributed by atoms with Gasteiger partial charge in [-0.25, -0.2) is 4.98 Å². The molecular weight excluding hydrogens is 331 g/mol. The Hall–Kier alpha value is -2.16. The molecule has 0 amide bonds. The third-order valence-corrected chi connectivity index (χ3v) is 4.95. The third kappa shape index (κ3) is 2.54. The SMILES string of the molecule is CC1=c2nc(C(F)(F)F)sc2=CCC1C(=O)c1c[nH]n(C)c1=O. The molecule has 0 spiro atoms. The summed E-state index contributed by atoms with van der Waals surface area (Å²) >= 11 is 0.567. The van der Waals surface area contributed by atoms with Gasteiger partial charge in [-0.2, -0.15) is 13.2 Å². The second-order valence-electron chi connectivity index (χ2n) is 5.32. The van der Waals surface area contributed by atoms with Crippen LogP contribution in [0.25, 0.3) is 11.6 Å². The highest BCUT2D eigenvalue weighted by atomic mass is 32.1. The highest BCUT2D eigenvalue weighted by molar-refractivity contribution is 7.09. The van der Waals surface area contributed by atoms with Crippen molar-refractivity contribution in [3.8, 4) is 0 Å². The van der Waals surface area contributed by atoms with Crippen LogP contribution in [-0.4, -0.2) is 20.5 Å². The normalized spacial score (nSPS) is 17.8. The Kier molecular flexibility index (Phi) is 3.55. The lowest BCUT2D eigenvalue weighted by Crippen LogP contribution is -2.34. The number of Topliss-reactive ketones (excluding diaryl/α,β-unsaturated/α-hetero) is 1. The van der Waals surface area contributed by atoms with Crippen LogP contribution in [0, 0.1) is 5.92 Å². The number of thiazole rings is 1. The van der Waals surface area contributed by atoms with Gasteiger partial charge in [0.15, 0.2) is 10.8 Å². The van der Waals surface area contributed by atoms with Gasteiger partial charge in [0.25, 0.3) is 5.56 Å². The number of nitrogens with zero attached hydrogens (tertiary/aromatic N) is 2. The number of carbonyl (C=O) groups is 1. The molecular formula is C14H12F3N3O2S. The quantitative estimate of drug-likeness (QED) is 0.829. The van der Waals surface area contributed by atoms with Crippen LogP contribution in [-0.2, 0) is 13.2 Å². The number of halogens is 3. The van der Waals surface area contributed by atoms with Crippen molar-refractivity contribution in [3.05, 3.63) is 37.0 Å².